The predicted molar refractivity (Wildman–Crippen MR) is 38.2 cm³/mol. The van der Waals surface area contributed by atoms with Crippen LogP contribution in [0.5, 0.6) is 0 Å². The fraction of sp³-hybridized carbons (Fsp3) is 1.00. The van der Waals surface area contributed by atoms with Gasteiger partial charge in [0.05, 0.1) is 6.10 Å². The first-order chi connectivity index (χ1) is 4.18. The summed E-state index contributed by atoms with van der Waals surface area (Å²) in [5.41, 5.74) is 0. The van der Waals surface area contributed by atoms with Crippen LogP contribution in [0.15, 0.2) is 0 Å². The van der Waals surface area contributed by atoms with E-state index in [4.69, 9.17) is 0 Å². The van der Waals surface area contributed by atoms with E-state index in [1.165, 1.54) is 6.42 Å². The van der Waals surface area contributed by atoms with Crippen molar-refractivity contribution in [1.29, 1.82) is 0 Å². The normalized spacial score (nSPS) is 40.5. The fourth-order valence-electron chi connectivity index (χ4n) is 1.90. The molecule has 0 aromatic carbocycles. The molecule has 0 radical (unpaired) electrons. The van der Waals surface area contributed by atoms with Gasteiger partial charge in [0.25, 0.3) is 0 Å². The van der Waals surface area contributed by atoms with Crippen molar-refractivity contribution in [3.8, 4) is 0 Å². The summed E-state index contributed by atoms with van der Waals surface area (Å²) in [5, 5.41) is 9.25. The molecule has 1 fully saturated rings. The van der Waals surface area contributed by atoms with Crippen LogP contribution in [-0.2, 0) is 0 Å². The number of rotatable bonds is 0. The molecule has 0 heterocycles. The summed E-state index contributed by atoms with van der Waals surface area (Å²) in [5.74, 6) is 1.48. The summed E-state index contributed by atoms with van der Waals surface area (Å²) in [4.78, 5) is 0. The summed E-state index contributed by atoms with van der Waals surface area (Å²) < 4.78 is 0. The van der Waals surface area contributed by atoms with Crippen LogP contribution in [0.3, 0.4) is 0 Å². The van der Waals surface area contributed by atoms with E-state index in [0.717, 1.165) is 24.7 Å². The van der Waals surface area contributed by atoms with E-state index >= 15 is 0 Å². The van der Waals surface area contributed by atoms with Gasteiger partial charge in [0.15, 0.2) is 0 Å². The van der Waals surface area contributed by atoms with E-state index in [1.54, 1.807) is 0 Å². The van der Waals surface area contributed by atoms with Crippen LogP contribution >= 0.6 is 0 Å². The van der Waals surface area contributed by atoms with Crippen LogP contribution in [0.25, 0.3) is 0 Å². The third-order valence-electron chi connectivity index (χ3n) is 2.15. The minimum Gasteiger partial charge on any atom is -0.393 e. The molecule has 1 nitrogen and oxygen atoms in total. The van der Waals surface area contributed by atoms with Crippen LogP contribution in [-0.4, -0.2) is 11.2 Å². The summed E-state index contributed by atoms with van der Waals surface area (Å²) in [7, 11) is 0. The van der Waals surface area contributed by atoms with E-state index in [9.17, 15) is 5.11 Å². The number of hydrogen-bond donors (Lipinski definition) is 1. The maximum absolute atomic E-state index is 9.25. The topological polar surface area (TPSA) is 20.2 Å². The molecule has 0 saturated heterocycles. The van der Waals surface area contributed by atoms with Crippen molar-refractivity contribution in [3.63, 3.8) is 0 Å². The second-order valence-corrected chi connectivity index (χ2v) is 3.57. The minimum absolute atomic E-state index is 0. The van der Waals surface area contributed by atoms with Crippen LogP contribution in [0, 0.1) is 11.8 Å². The molecule has 2 atom stereocenters. The van der Waals surface area contributed by atoms with Crippen molar-refractivity contribution in [1.82, 2.24) is 0 Å². The average molecular weight is 135 g/mol. The Morgan fingerprint density at radius 2 is 1.40 bits per heavy atom. The Hall–Kier alpha value is 0.557. The zero-order valence-electron chi connectivity index (χ0n) is 7.30. The summed E-state index contributed by atoms with van der Waals surface area (Å²) in [6.45, 7) is 4.44. The van der Waals surface area contributed by atoms with Gasteiger partial charge in [-0.05, 0) is 31.1 Å². The molecule has 1 aliphatic rings. The monoisotopic (exact) mass is 135 g/mol. The maximum Gasteiger partial charge on any atom is 1.00 e. The Balaban J connectivity index is 0.000000810. The SMILES string of the molecule is CC1CC(C)CC(O)C1.[Li+]. The Kier molecular flexibility index (Phi) is 4.69. The largest absolute Gasteiger partial charge is 1.00 e. The molecule has 0 amide bonds. The summed E-state index contributed by atoms with van der Waals surface area (Å²) >= 11 is 0. The molecule has 0 aliphatic heterocycles. The molecule has 2 heteroatoms. The van der Waals surface area contributed by atoms with Crippen LogP contribution < -0.4 is 18.9 Å². The second-order valence-electron chi connectivity index (χ2n) is 3.57. The summed E-state index contributed by atoms with van der Waals surface area (Å²) in [6, 6.07) is 0. The first-order valence-corrected chi connectivity index (χ1v) is 3.86. The van der Waals surface area contributed by atoms with Gasteiger partial charge in [0, 0.05) is 0 Å². The van der Waals surface area contributed by atoms with Gasteiger partial charge in [-0.15, -0.1) is 0 Å². The molecule has 0 aromatic heterocycles. The standard InChI is InChI=1S/C8H16O.Li/c1-6-3-7(2)5-8(9)4-6;/h6-9H,3-5H2,1-2H3;/q;+1. The first-order valence-electron chi connectivity index (χ1n) is 3.86. The quantitative estimate of drug-likeness (QED) is 0.414. The van der Waals surface area contributed by atoms with Crippen molar-refractivity contribution < 1.29 is 24.0 Å². The van der Waals surface area contributed by atoms with Crippen LogP contribution in [0.1, 0.15) is 33.1 Å². The van der Waals surface area contributed by atoms with E-state index in [0.29, 0.717) is 0 Å². The van der Waals surface area contributed by atoms with Gasteiger partial charge in [0.2, 0.25) is 0 Å². The first kappa shape index (κ1) is 10.6. The van der Waals surface area contributed by atoms with Gasteiger partial charge < -0.3 is 5.11 Å². The fourth-order valence-corrected chi connectivity index (χ4v) is 1.90. The third kappa shape index (κ3) is 3.10. The molecular formula is C8H16LiO+. The molecule has 10 heavy (non-hydrogen) atoms. The van der Waals surface area contributed by atoms with E-state index < -0.39 is 0 Å². The van der Waals surface area contributed by atoms with Gasteiger partial charge in [-0.3, -0.25) is 0 Å². The molecule has 0 aromatic rings. The predicted octanol–water partition coefficient (Wildman–Crippen LogP) is -1.19. The molecule has 2 unspecified atom stereocenters. The van der Waals surface area contributed by atoms with Crippen molar-refractivity contribution in [3.05, 3.63) is 0 Å². The van der Waals surface area contributed by atoms with Crippen molar-refractivity contribution in [2.75, 3.05) is 0 Å². The van der Waals surface area contributed by atoms with E-state index in [1.807, 2.05) is 0 Å². The van der Waals surface area contributed by atoms with Crippen molar-refractivity contribution >= 4 is 0 Å². The van der Waals surface area contributed by atoms with Gasteiger partial charge in [-0.1, -0.05) is 13.8 Å². The smallest absolute Gasteiger partial charge is 0.393 e. The van der Waals surface area contributed by atoms with Crippen molar-refractivity contribution in [2.45, 2.75) is 39.2 Å². The molecule has 1 aliphatic carbocycles. The van der Waals surface area contributed by atoms with Crippen LogP contribution in [0.2, 0.25) is 0 Å². The molecule has 1 rings (SSSR count). The molecule has 1 saturated carbocycles. The molecule has 0 spiro atoms. The second kappa shape index (κ2) is 4.44. The van der Waals surface area contributed by atoms with Gasteiger partial charge in [-0.25, -0.2) is 0 Å². The molecule has 54 valence electrons. The van der Waals surface area contributed by atoms with Gasteiger partial charge in [0.1, 0.15) is 0 Å². The number of aliphatic hydroxyl groups is 1. The zero-order valence-corrected chi connectivity index (χ0v) is 7.30. The number of aliphatic hydroxyl groups excluding tert-OH is 1. The van der Waals surface area contributed by atoms with Crippen molar-refractivity contribution in [2.24, 2.45) is 11.8 Å². The Morgan fingerprint density at radius 1 is 1.00 bits per heavy atom. The van der Waals surface area contributed by atoms with E-state index in [-0.39, 0.29) is 25.0 Å². The minimum atomic E-state index is -0.0104. The zero-order chi connectivity index (χ0) is 6.85. The molecule has 0 bridgehead atoms. The molecule has 1 N–H and O–H groups in total. The van der Waals surface area contributed by atoms with Crippen LogP contribution in [0.4, 0.5) is 0 Å². The number of hydrogen-bond acceptors (Lipinski definition) is 1. The summed E-state index contributed by atoms with van der Waals surface area (Å²) in [6.07, 6.45) is 3.33. The Labute approximate surface area is 75.4 Å². The van der Waals surface area contributed by atoms with Gasteiger partial charge in [-0.2, -0.15) is 0 Å². The molecular weight excluding hydrogens is 119 g/mol. The Morgan fingerprint density at radius 3 is 1.70 bits per heavy atom. The third-order valence-corrected chi connectivity index (χ3v) is 2.15. The Bertz CT molecular complexity index is 70.2. The van der Waals surface area contributed by atoms with Gasteiger partial charge >= 0.3 is 18.9 Å². The van der Waals surface area contributed by atoms with E-state index in [2.05, 4.69) is 13.8 Å². The maximum atomic E-state index is 9.25. The average Bonchev–Trinajstić information content (AvgIpc) is 1.59.